The molecule has 0 aliphatic carbocycles. The zero-order chi connectivity index (χ0) is 15.4. The molecule has 5 heteroatoms. The van der Waals surface area contributed by atoms with Gasteiger partial charge in [0, 0.05) is 29.7 Å². The Hall–Kier alpha value is -1.39. The average molecular weight is 310 g/mol. The van der Waals surface area contributed by atoms with Gasteiger partial charge in [-0.15, -0.1) is 0 Å². The molecule has 1 heterocycles. The Morgan fingerprint density at radius 3 is 2.76 bits per heavy atom. The van der Waals surface area contributed by atoms with E-state index in [4.69, 9.17) is 17.3 Å². The molecule has 1 aromatic heterocycles. The van der Waals surface area contributed by atoms with Crippen LogP contribution >= 0.6 is 11.6 Å². The Balaban J connectivity index is 1.98. The van der Waals surface area contributed by atoms with Crippen LogP contribution < -0.4 is 5.73 Å². The average Bonchev–Trinajstić information content (AvgIpc) is 2.89. The minimum atomic E-state index is -0.329. The van der Waals surface area contributed by atoms with E-state index in [9.17, 15) is 4.39 Å². The molecule has 0 aliphatic heterocycles. The fourth-order valence-electron chi connectivity index (χ4n) is 2.23. The molecule has 2 unspecified atom stereocenters. The minimum absolute atomic E-state index is 0.0896. The van der Waals surface area contributed by atoms with E-state index >= 15 is 0 Å². The van der Waals surface area contributed by atoms with Crippen LogP contribution in [0, 0.1) is 5.82 Å². The van der Waals surface area contributed by atoms with Crippen LogP contribution in [0.4, 0.5) is 4.39 Å². The van der Waals surface area contributed by atoms with E-state index < -0.39 is 0 Å². The van der Waals surface area contributed by atoms with Gasteiger partial charge >= 0.3 is 0 Å². The number of aromatic nitrogens is 2. The fraction of sp³-hybridized carbons (Fsp3) is 0.438. The lowest BCUT2D eigenvalue weighted by Crippen LogP contribution is -2.26. The molecule has 2 atom stereocenters. The Labute approximate surface area is 129 Å². The first-order chi connectivity index (χ1) is 9.99. The second-order valence-electron chi connectivity index (χ2n) is 5.45. The largest absolute Gasteiger partial charge is 0.327 e. The first-order valence-electron chi connectivity index (χ1n) is 7.23. The second-order valence-corrected chi connectivity index (χ2v) is 5.86. The summed E-state index contributed by atoms with van der Waals surface area (Å²) in [6, 6.07) is 6.72. The molecular weight excluding hydrogens is 289 g/mol. The lowest BCUT2D eigenvalue weighted by atomic mass is 10.0. The van der Waals surface area contributed by atoms with Gasteiger partial charge in [0.25, 0.3) is 0 Å². The summed E-state index contributed by atoms with van der Waals surface area (Å²) in [6.45, 7) is 4.27. The zero-order valence-electron chi connectivity index (χ0n) is 12.4. The summed E-state index contributed by atoms with van der Waals surface area (Å²) in [6.07, 6.45) is 4.31. The third-order valence-corrected chi connectivity index (χ3v) is 4.03. The van der Waals surface area contributed by atoms with Crippen LogP contribution in [-0.4, -0.2) is 15.8 Å². The summed E-state index contributed by atoms with van der Waals surface area (Å²) in [4.78, 5) is 0. The maximum Gasteiger partial charge on any atom is 0.124 e. The SMILES string of the molecule is CCC(C)n1ccc(CC(N)Cc2ccc(F)cc2Cl)n1. The van der Waals surface area contributed by atoms with Gasteiger partial charge in [0.1, 0.15) is 5.82 Å². The van der Waals surface area contributed by atoms with Gasteiger partial charge in [0.15, 0.2) is 0 Å². The third-order valence-electron chi connectivity index (χ3n) is 3.67. The maximum atomic E-state index is 13.0. The van der Waals surface area contributed by atoms with Crippen molar-refractivity contribution in [3.8, 4) is 0 Å². The van der Waals surface area contributed by atoms with E-state index in [-0.39, 0.29) is 11.9 Å². The van der Waals surface area contributed by atoms with Crippen molar-refractivity contribution in [2.45, 2.75) is 45.2 Å². The summed E-state index contributed by atoms with van der Waals surface area (Å²) in [5.41, 5.74) is 8.00. The van der Waals surface area contributed by atoms with Gasteiger partial charge in [-0.25, -0.2) is 4.39 Å². The predicted molar refractivity (Wildman–Crippen MR) is 84.0 cm³/mol. The van der Waals surface area contributed by atoms with Crippen molar-refractivity contribution in [2.75, 3.05) is 0 Å². The van der Waals surface area contributed by atoms with E-state index in [2.05, 4.69) is 18.9 Å². The molecular formula is C16H21ClFN3. The van der Waals surface area contributed by atoms with Crippen molar-refractivity contribution >= 4 is 11.6 Å². The van der Waals surface area contributed by atoms with Crippen LogP contribution in [0.5, 0.6) is 0 Å². The predicted octanol–water partition coefficient (Wildman–Crippen LogP) is 3.76. The highest BCUT2D eigenvalue weighted by atomic mass is 35.5. The molecule has 0 radical (unpaired) electrons. The van der Waals surface area contributed by atoms with Crippen LogP contribution in [0.3, 0.4) is 0 Å². The van der Waals surface area contributed by atoms with Crippen LogP contribution in [0.1, 0.15) is 37.6 Å². The summed E-state index contributed by atoms with van der Waals surface area (Å²) < 4.78 is 15.0. The van der Waals surface area contributed by atoms with E-state index in [1.807, 2.05) is 16.9 Å². The number of nitrogens with two attached hydrogens (primary N) is 1. The van der Waals surface area contributed by atoms with Crippen LogP contribution in [-0.2, 0) is 12.8 Å². The highest BCUT2D eigenvalue weighted by Gasteiger charge is 2.12. The molecule has 0 bridgehead atoms. The quantitative estimate of drug-likeness (QED) is 0.883. The molecule has 0 spiro atoms. The first kappa shape index (κ1) is 16.0. The molecule has 0 saturated carbocycles. The van der Waals surface area contributed by atoms with Crippen molar-refractivity contribution in [1.29, 1.82) is 0 Å². The maximum absolute atomic E-state index is 13.0. The third kappa shape index (κ3) is 4.29. The van der Waals surface area contributed by atoms with Gasteiger partial charge in [-0.1, -0.05) is 24.6 Å². The molecule has 2 aromatic rings. The van der Waals surface area contributed by atoms with Gasteiger partial charge in [-0.2, -0.15) is 5.10 Å². The van der Waals surface area contributed by atoms with Gasteiger partial charge in [0.2, 0.25) is 0 Å². The van der Waals surface area contributed by atoms with Gasteiger partial charge < -0.3 is 5.73 Å². The number of nitrogens with zero attached hydrogens (tertiary/aromatic N) is 2. The molecule has 0 aliphatic rings. The highest BCUT2D eigenvalue weighted by molar-refractivity contribution is 6.31. The van der Waals surface area contributed by atoms with Crippen molar-refractivity contribution in [3.05, 3.63) is 52.6 Å². The topological polar surface area (TPSA) is 43.8 Å². The Kier molecular flexibility index (Phi) is 5.37. The van der Waals surface area contributed by atoms with E-state index in [1.54, 1.807) is 6.07 Å². The normalized spacial score (nSPS) is 14.1. The van der Waals surface area contributed by atoms with Gasteiger partial charge in [0.05, 0.1) is 5.69 Å². The summed E-state index contributed by atoms with van der Waals surface area (Å²) in [5, 5.41) is 4.97. The second kappa shape index (κ2) is 7.05. The number of benzene rings is 1. The summed E-state index contributed by atoms with van der Waals surface area (Å²) >= 11 is 6.03. The standard InChI is InChI=1S/C16H21ClFN3/c1-3-11(2)21-7-6-15(20-21)10-14(19)8-12-4-5-13(18)9-16(12)17/h4-7,9,11,14H,3,8,10,19H2,1-2H3. The fourth-order valence-corrected chi connectivity index (χ4v) is 2.47. The van der Waals surface area contributed by atoms with E-state index in [0.29, 0.717) is 23.9 Å². The van der Waals surface area contributed by atoms with Crippen molar-refractivity contribution in [2.24, 2.45) is 5.73 Å². The minimum Gasteiger partial charge on any atom is -0.327 e. The van der Waals surface area contributed by atoms with Crippen molar-refractivity contribution < 1.29 is 4.39 Å². The first-order valence-corrected chi connectivity index (χ1v) is 7.61. The molecule has 1 aromatic carbocycles. The highest BCUT2D eigenvalue weighted by Crippen LogP contribution is 2.19. The van der Waals surface area contributed by atoms with E-state index in [1.165, 1.54) is 12.1 Å². The Morgan fingerprint density at radius 1 is 1.33 bits per heavy atom. The molecule has 0 saturated heterocycles. The summed E-state index contributed by atoms with van der Waals surface area (Å²) in [7, 11) is 0. The van der Waals surface area contributed by atoms with Crippen LogP contribution in [0.25, 0.3) is 0 Å². The summed E-state index contributed by atoms with van der Waals surface area (Å²) in [5.74, 6) is -0.329. The Bertz CT molecular complexity index is 597. The number of hydrogen-bond donors (Lipinski definition) is 1. The van der Waals surface area contributed by atoms with Gasteiger partial charge in [-0.05, 0) is 43.5 Å². The van der Waals surface area contributed by atoms with Crippen LogP contribution in [0.15, 0.2) is 30.5 Å². The molecule has 2 rings (SSSR count). The zero-order valence-corrected chi connectivity index (χ0v) is 13.1. The lowest BCUT2D eigenvalue weighted by molar-refractivity contribution is 0.471. The molecule has 2 N–H and O–H groups in total. The molecule has 0 fully saturated rings. The molecule has 0 amide bonds. The molecule has 21 heavy (non-hydrogen) atoms. The lowest BCUT2D eigenvalue weighted by Gasteiger charge is -2.12. The molecule has 114 valence electrons. The monoisotopic (exact) mass is 309 g/mol. The van der Waals surface area contributed by atoms with Crippen LogP contribution in [0.2, 0.25) is 5.02 Å². The number of hydrogen-bond acceptors (Lipinski definition) is 2. The Morgan fingerprint density at radius 2 is 2.10 bits per heavy atom. The van der Waals surface area contributed by atoms with Crippen molar-refractivity contribution in [3.63, 3.8) is 0 Å². The number of halogens is 2. The van der Waals surface area contributed by atoms with E-state index in [0.717, 1.165) is 17.7 Å². The number of rotatable bonds is 6. The molecule has 3 nitrogen and oxygen atoms in total. The van der Waals surface area contributed by atoms with Crippen molar-refractivity contribution in [1.82, 2.24) is 9.78 Å². The smallest absolute Gasteiger partial charge is 0.124 e. The van der Waals surface area contributed by atoms with Gasteiger partial charge in [-0.3, -0.25) is 4.68 Å².